The van der Waals surface area contributed by atoms with Crippen molar-refractivity contribution in [1.29, 1.82) is 0 Å². The summed E-state index contributed by atoms with van der Waals surface area (Å²) in [4.78, 5) is 0. The lowest BCUT2D eigenvalue weighted by atomic mass is 9.82. The number of rotatable bonds is 3. The zero-order valence-electron chi connectivity index (χ0n) is 9.99. The van der Waals surface area contributed by atoms with Crippen LogP contribution in [0.4, 0.5) is 0 Å². The Bertz CT molecular complexity index is 331. The number of aryl methyl sites for hydroxylation is 1. The first-order valence-corrected chi connectivity index (χ1v) is 7.31. The maximum atomic E-state index is 6.00. The van der Waals surface area contributed by atoms with Gasteiger partial charge in [-0.15, -0.1) is 0 Å². The van der Waals surface area contributed by atoms with Gasteiger partial charge in [0.2, 0.25) is 0 Å². The first kappa shape index (κ1) is 12.0. The quantitative estimate of drug-likeness (QED) is 0.871. The van der Waals surface area contributed by atoms with Crippen LogP contribution in [0.25, 0.3) is 0 Å². The second-order valence-corrected chi connectivity index (χ2v) is 5.83. The number of thioether (sulfide) groups is 1. The molecule has 0 amide bonds. The van der Waals surface area contributed by atoms with E-state index in [9.17, 15) is 0 Å². The summed E-state index contributed by atoms with van der Waals surface area (Å²) in [6.45, 7) is 2.99. The molecule has 1 heterocycles. The molecule has 1 aliphatic heterocycles. The minimum absolute atomic E-state index is 0.564. The van der Waals surface area contributed by atoms with Gasteiger partial charge in [-0.25, -0.2) is 0 Å². The van der Waals surface area contributed by atoms with E-state index in [1.54, 1.807) is 0 Å². The first-order chi connectivity index (χ1) is 7.83. The van der Waals surface area contributed by atoms with Gasteiger partial charge in [0.25, 0.3) is 0 Å². The maximum absolute atomic E-state index is 6.00. The molecule has 1 fully saturated rings. The van der Waals surface area contributed by atoms with Crippen molar-refractivity contribution in [2.45, 2.75) is 25.7 Å². The van der Waals surface area contributed by atoms with E-state index >= 15 is 0 Å². The van der Waals surface area contributed by atoms with Crippen LogP contribution >= 0.6 is 11.8 Å². The summed E-state index contributed by atoms with van der Waals surface area (Å²) in [5.74, 6) is 3.97. The SMILES string of the molecule is Cc1ccccc1C(CN)C1CCCSC1. The first-order valence-electron chi connectivity index (χ1n) is 6.16. The minimum atomic E-state index is 0.564. The van der Waals surface area contributed by atoms with Crippen LogP contribution in [-0.2, 0) is 0 Å². The van der Waals surface area contributed by atoms with Crippen molar-refractivity contribution in [2.24, 2.45) is 11.7 Å². The Hall–Kier alpha value is -0.470. The van der Waals surface area contributed by atoms with E-state index in [1.165, 1.54) is 35.5 Å². The van der Waals surface area contributed by atoms with Crippen LogP contribution in [0.15, 0.2) is 24.3 Å². The van der Waals surface area contributed by atoms with E-state index in [2.05, 4.69) is 43.0 Å². The molecule has 88 valence electrons. The van der Waals surface area contributed by atoms with Crippen molar-refractivity contribution in [1.82, 2.24) is 0 Å². The molecule has 0 radical (unpaired) electrons. The maximum Gasteiger partial charge on any atom is -0.00000559 e. The van der Waals surface area contributed by atoms with Gasteiger partial charge in [0.15, 0.2) is 0 Å². The van der Waals surface area contributed by atoms with Crippen LogP contribution in [0.3, 0.4) is 0 Å². The zero-order chi connectivity index (χ0) is 11.4. The fourth-order valence-electron chi connectivity index (χ4n) is 2.66. The monoisotopic (exact) mass is 235 g/mol. The lowest BCUT2D eigenvalue weighted by Crippen LogP contribution is -2.26. The molecule has 1 aromatic rings. The van der Waals surface area contributed by atoms with E-state index in [4.69, 9.17) is 5.73 Å². The lowest BCUT2D eigenvalue weighted by Gasteiger charge is -2.30. The van der Waals surface area contributed by atoms with Crippen LogP contribution in [0, 0.1) is 12.8 Å². The average Bonchev–Trinajstić information content (AvgIpc) is 2.34. The van der Waals surface area contributed by atoms with Crippen LogP contribution in [-0.4, -0.2) is 18.1 Å². The number of hydrogen-bond acceptors (Lipinski definition) is 2. The summed E-state index contributed by atoms with van der Waals surface area (Å²) >= 11 is 2.09. The highest BCUT2D eigenvalue weighted by Gasteiger charge is 2.24. The smallest absolute Gasteiger partial charge is 0.00000559 e. The molecule has 2 N–H and O–H groups in total. The standard InChI is InChI=1S/C14H21NS/c1-11-5-2-3-7-13(11)14(9-15)12-6-4-8-16-10-12/h2-3,5,7,12,14H,4,6,8-10,15H2,1H3. The zero-order valence-corrected chi connectivity index (χ0v) is 10.8. The van der Waals surface area contributed by atoms with Crippen molar-refractivity contribution >= 4 is 11.8 Å². The summed E-state index contributed by atoms with van der Waals surface area (Å²) in [6.07, 6.45) is 2.71. The molecule has 16 heavy (non-hydrogen) atoms. The second-order valence-electron chi connectivity index (χ2n) is 4.68. The van der Waals surface area contributed by atoms with Crippen LogP contribution < -0.4 is 5.73 Å². The van der Waals surface area contributed by atoms with Gasteiger partial charge in [0.1, 0.15) is 0 Å². The molecule has 0 aliphatic carbocycles. The fourth-order valence-corrected chi connectivity index (χ4v) is 3.90. The van der Waals surface area contributed by atoms with E-state index in [1.807, 2.05) is 0 Å². The fraction of sp³-hybridized carbons (Fsp3) is 0.571. The van der Waals surface area contributed by atoms with Crippen LogP contribution in [0.1, 0.15) is 29.9 Å². The van der Waals surface area contributed by atoms with E-state index in [0.29, 0.717) is 5.92 Å². The molecule has 1 aromatic carbocycles. The summed E-state index contributed by atoms with van der Waals surface area (Å²) in [5, 5.41) is 0. The highest BCUT2D eigenvalue weighted by atomic mass is 32.2. The van der Waals surface area contributed by atoms with Gasteiger partial charge in [-0.3, -0.25) is 0 Å². The van der Waals surface area contributed by atoms with Gasteiger partial charge < -0.3 is 5.73 Å². The van der Waals surface area contributed by atoms with E-state index < -0.39 is 0 Å². The molecule has 2 atom stereocenters. The summed E-state index contributed by atoms with van der Waals surface area (Å²) in [7, 11) is 0. The Balaban J connectivity index is 2.18. The normalized spacial score (nSPS) is 23.0. The van der Waals surface area contributed by atoms with Crippen LogP contribution in [0.2, 0.25) is 0 Å². The van der Waals surface area contributed by atoms with Gasteiger partial charge >= 0.3 is 0 Å². The van der Waals surface area contributed by atoms with Crippen molar-refractivity contribution in [3.05, 3.63) is 35.4 Å². The van der Waals surface area contributed by atoms with E-state index in [-0.39, 0.29) is 0 Å². The molecule has 0 spiro atoms. The third-order valence-electron chi connectivity index (χ3n) is 3.61. The Labute approximate surface area is 103 Å². The van der Waals surface area contributed by atoms with Crippen molar-refractivity contribution in [3.8, 4) is 0 Å². The average molecular weight is 235 g/mol. The van der Waals surface area contributed by atoms with Gasteiger partial charge in [0.05, 0.1) is 0 Å². The molecule has 2 rings (SSSR count). The molecule has 0 saturated carbocycles. The molecular formula is C14H21NS. The van der Waals surface area contributed by atoms with Crippen molar-refractivity contribution in [3.63, 3.8) is 0 Å². The molecule has 0 aromatic heterocycles. The summed E-state index contributed by atoms with van der Waals surface area (Å²) in [5.41, 5.74) is 8.86. The molecular weight excluding hydrogens is 214 g/mol. The number of nitrogens with two attached hydrogens (primary N) is 1. The third-order valence-corrected chi connectivity index (χ3v) is 4.85. The van der Waals surface area contributed by atoms with Crippen LogP contribution in [0.5, 0.6) is 0 Å². The topological polar surface area (TPSA) is 26.0 Å². The Kier molecular flexibility index (Phi) is 4.30. The van der Waals surface area contributed by atoms with Gasteiger partial charge in [-0.2, -0.15) is 11.8 Å². The summed E-state index contributed by atoms with van der Waals surface area (Å²) in [6, 6.07) is 8.71. The van der Waals surface area contributed by atoms with Gasteiger partial charge in [0, 0.05) is 0 Å². The highest BCUT2D eigenvalue weighted by molar-refractivity contribution is 7.99. The Morgan fingerprint density at radius 3 is 2.88 bits per heavy atom. The highest BCUT2D eigenvalue weighted by Crippen LogP contribution is 2.35. The molecule has 2 unspecified atom stereocenters. The predicted octanol–water partition coefficient (Wildman–Crippen LogP) is 3.18. The lowest BCUT2D eigenvalue weighted by molar-refractivity contribution is 0.429. The predicted molar refractivity (Wildman–Crippen MR) is 73.0 cm³/mol. The van der Waals surface area contributed by atoms with Gasteiger partial charge in [-0.1, -0.05) is 24.3 Å². The third kappa shape index (κ3) is 2.61. The van der Waals surface area contributed by atoms with E-state index in [0.717, 1.165) is 12.5 Å². The minimum Gasteiger partial charge on any atom is -0.330 e. The summed E-state index contributed by atoms with van der Waals surface area (Å²) < 4.78 is 0. The molecule has 1 aliphatic rings. The van der Waals surface area contributed by atoms with Crippen molar-refractivity contribution in [2.75, 3.05) is 18.1 Å². The molecule has 1 saturated heterocycles. The van der Waals surface area contributed by atoms with Gasteiger partial charge in [-0.05, 0) is 60.8 Å². The molecule has 2 heteroatoms. The number of benzene rings is 1. The molecule has 1 nitrogen and oxygen atoms in total. The largest absolute Gasteiger partial charge is 0.330 e. The second kappa shape index (κ2) is 5.74. The Morgan fingerprint density at radius 1 is 1.44 bits per heavy atom. The number of hydrogen-bond donors (Lipinski definition) is 1. The molecule has 0 bridgehead atoms. The Morgan fingerprint density at radius 2 is 2.25 bits per heavy atom. The van der Waals surface area contributed by atoms with Crippen molar-refractivity contribution < 1.29 is 0 Å².